The van der Waals surface area contributed by atoms with Gasteiger partial charge in [-0.05, 0) is 27.2 Å². The van der Waals surface area contributed by atoms with Crippen LogP contribution in [0.4, 0.5) is 0 Å². The van der Waals surface area contributed by atoms with Gasteiger partial charge in [-0.3, -0.25) is 4.55 Å². The van der Waals surface area contributed by atoms with Crippen molar-refractivity contribution >= 4 is 10.1 Å². The van der Waals surface area contributed by atoms with Crippen molar-refractivity contribution in [3.63, 3.8) is 0 Å². The third kappa shape index (κ3) is 14.2. The van der Waals surface area contributed by atoms with Crippen LogP contribution in [0.25, 0.3) is 5.32 Å². The molecule has 0 aromatic heterocycles. The second kappa shape index (κ2) is 13.1. The summed E-state index contributed by atoms with van der Waals surface area (Å²) in [7, 11) is -4.06. The van der Waals surface area contributed by atoms with Gasteiger partial charge in [-0.2, -0.15) is 6.20 Å². The van der Waals surface area contributed by atoms with Crippen molar-refractivity contribution in [3.8, 4) is 0 Å². The number of aliphatic hydroxyl groups is 2. The van der Waals surface area contributed by atoms with Gasteiger partial charge in [-0.25, -0.2) is 8.42 Å². The Hall–Kier alpha value is -0.546. The molecule has 0 fully saturated rings. The van der Waals surface area contributed by atoms with Gasteiger partial charge < -0.3 is 21.0 Å². The van der Waals surface area contributed by atoms with E-state index in [9.17, 15) is 8.42 Å². The van der Waals surface area contributed by atoms with E-state index in [0.29, 0.717) is 12.0 Å². The van der Waals surface area contributed by atoms with Crippen LogP contribution >= 0.6 is 0 Å². The van der Waals surface area contributed by atoms with E-state index in [1.807, 2.05) is 0 Å². The van der Waals surface area contributed by atoms with E-state index < -0.39 is 15.5 Å². The van der Waals surface area contributed by atoms with Gasteiger partial charge in [-0.1, -0.05) is 17.7 Å². The molecule has 0 saturated heterocycles. The summed E-state index contributed by atoms with van der Waals surface area (Å²) in [6.07, 6.45) is 4.30. The number of hydrogen-bond acceptors (Lipinski definition) is 5. The van der Waals surface area contributed by atoms with Crippen molar-refractivity contribution in [2.24, 2.45) is 0 Å². The summed E-state index contributed by atoms with van der Waals surface area (Å²) in [5.41, 5.74) is 0.523. The fourth-order valence-electron chi connectivity index (χ4n) is 1.33. The van der Waals surface area contributed by atoms with Gasteiger partial charge in [0, 0.05) is 5.37 Å². The molecule has 3 atom stereocenters. The number of hydrogen-bond donors (Lipinski definition) is 3. The maximum absolute atomic E-state index is 10.6. The van der Waals surface area contributed by atoms with E-state index in [1.165, 1.54) is 6.20 Å². The maximum atomic E-state index is 10.6. The fraction of sp³-hybridized carbons (Fsp3) is 0.636. The quantitative estimate of drug-likeness (QED) is 0.477. The number of nitrogens with zero attached hydrogens (tertiary/aromatic N) is 1. The summed E-state index contributed by atoms with van der Waals surface area (Å²) in [6, 6.07) is 0. The molecular weight excluding hydrogens is 341 g/mol. The summed E-state index contributed by atoms with van der Waals surface area (Å²) in [5, 5.41) is 19.6. The molecule has 1 heterocycles. The first-order chi connectivity index (χ1) is 9.14. The van der Waals surface area contributed by atoms with Crippen LogP contribution in [-0.2, 0) is 36.6 Å². The molecule has 3 unspecified atom stereocenters. The Morgan fingerprint density at radius 1 is 1.29 bits per heavy atom. The van der Waals surface area contributed by atoms with E-state index in [2.05, 4.69) is 5.32 Å². The van der Waals surface area contributed by atoms with Gasteiger partial charge in [0.15, 0.2) is 0 Å². The molecule has 1 rings (SSSR count). The molecule has 0 aromatic rings. The monoisotopic (exact) mass is 364 g/mol. The molecule has 21 heavy (non-hydrogen) atoms. The Morgan fingerprint density at radius 2 is 1.71 bits per heavy atom. The SMILES string of the molecule is CC(O)CC(C)O.CC1=CC=C[N-]C1S(=O)(=O)O.[OH3+].[O]=[V]. The molecule has 1 aliphatic heterocycles. The van der Waals surface area contributed by atoms with E-state index >= 15 is 0 Å². The zero-order valence-electron chi connectivity index (χ0n) is 12.1. The second-order valence-electron chi connectivity index (χ2n) is 4.20. The fourth-order valence-corrected chi connectivity index (χ4v) is 2.10. The van der Waals surface area contributed by atoms with Crippen LogP contribution in [0.2, 0.25) is 0 Å². The van der Waals surface area contributed by atoms with Crippen molar-refractivity contribution in [2.45, 2.75) is 44.8 Å². The summed E-state index contributed by atoms with van der Waals surface area (Å²) < 4.78 is 38.0. The van der Waals surface area contributed by atoms with Crippen LogP contribution < -0.4 is 0 Å². The van der Waals surface area contributed by atoms with Gasteiger partial charge in [0.2, 0.25) is 0 Å². The zero-order valence-corrected chi connectivity index (χ0v) is 14.3. The average molecular weight is 364 g/mol. The first-order valence-electron chi connectivity index (χ1n) is 5.68. The molecule has 0 aliphatic carbocycles. The van der Waals surface area contributed by atoms with Gasteiger partial charge in [0.1, 0.15) is 0 Å². The van der Waals surface area contributed by atoms with E-state index in [0.717, 1.165) is 17.4 Å². The topological polar surface area (TPSA) is 159 Å². The minimum atomic E-state index is -4.06. The summed E-state index contributed by atoms with van der Waals surface area (Å²) in [5.74, 6) is 0. The van der Waals surface area contributed by atoms with E-state index in [4.69, 9.17) is 18.4 Å². The first-order valence-corrected chi connectivity index (χ1v) is 7.76. The second-order valence-corrected chi connectivity index (χ2v) is 5.68. The number of aliphatic hydroxyl groups excluding tert-OH is 2. The molecule has 8 nitrogen and oxygen atoms in total. The van der Waals surface area contributed by atoms with Crippen molar-refractivity contribution in [2.75, 3.05) is 0 Å². The Balaban J connectivity index is -0.000000285. The van der Waals surface area contributed by atoms with E-state index in [-0.39, 0.29) is 17.7 Å². The van der Waals surface area contributed by atoms with Gasteiger partial charge in [-0.15, -0.1) is 0 Å². The molecular formula is C11H23NO7SV. The average Bonchev–Trinajstić information content (AvgIpc) is 2.29. The molecule has 6 N–H and O–H groups in total. The molecule has 0 amide bonds. The summed E-state index contributed by atoms with van der Waals surface area (Å²) in [6.45, 7) is 4.92. The molecule has 1 aliphatic rings. The van der Waals surface area contributed by atoms with Crippen LogP contribution in [0.5, 0.6) is 0 Å². The van der Waals surface area contributed by atoms with Crippen LogP contribution in [-0.4, -0.2) is 40.8 Å². The molecule has 0 saturated carbocycles. The number of rotatable bonds is 3. The van der Waals surface area contributed by atoms with Gasteiger partial charge in [0.25, 0.3) is 10.1 Å². The molecule has 0 aromatic carbocycles. The Morgan fingerprint density at radius 3 is 1.90 bits per heavy atom. The minimum absolute atomic E-state index is 0. The van der Waals surface area contributed by atoms with Crippen LogP contribution in [0.1, 0.15) is 27.2 Å². The molecule has 0 bridgehead atoms. The van der Waals surface area contributed by atoms with Crippen molar-refractivity contribution < 1.29 is 49.7 Å². The number of allylic oxidation sites excluding steroid dienone is 2. The summed E-state index contributed by atoms with van der Waals surface area (Å²) in [4.78, 5) is 0. The zero-order chi connectivity index (χ0) is 16.3. The molecule has 0 spiro atoms. The van der Waals surface area contributed by atoms with Gasteiger partial charge in [0.05, 0.1) is 12.2 Å². The third-order valence-corrected chi connectivity index (χ3v) is 3.08. The standard InChI is InChI=1S/C6H8NO3S.C5H12O2.H2O.O.V/c1-5-3-2-4-7-6(5)11(8,9)10;1-4(6)3-5(2)7;;;/h2-4,6H,1H3,(H,8,9,10);4-7H,3H2,1-2H3;1H2;;/q-1;;;;/p+1. The first kappa shape index (κ1) is 25.4. The Kier molecular flexibility index (Phi) is 15.9. The van der Waals surface area contributed by atoms with Crippen molar-refractivity contribution in [1.82, 2.24) is 0 Å². The normalized spacial score (nSPS) is 19.1. The van der Waals surface area contributed by atoms with Crippen molar-refractivity contribution in [1.29, 1.82) is 0 Å². The van der Waals surface area contributed by atoms with Crippen LogP contribution in [0, 0.1) is 0 Å². The Bertz CT molecular complexity index is 414. The summed E-state index contributed by atoms with van der Waals surface area (Å²) >= 11 is 1.06. The molecule has 0 radical (unpaired) electrons. The predicted molar refractivity (Wildman–Crippen MR) is 75.1 cm³/mol. The van der Waals surface area contributed by atoms with Crippen LogP contribution in [0.15, 0.2) is 23.9 Å². The predicted octanol–water partition coefficient (Wildman–Crippen LogP) is 0.142. The third-order valence-electron chi connectivity index (χ3n) is 2.02. The molecule has 10 heteroatoms. The van der Waals surface area contributed by atoms with Gasteiger partial charge >= 0.3 is 21.0 Å². The van der Waals surface area contributed by atoms with Crippen LogP contribution in [0.3, 0.4) is 0 Å². The van der Waals surface area contributed by atoms with Crippen molar-refractivity contribution in [3.05, 3.63) is 29.2 Å². The Labute approximate surface area is 134 Å². The van der Waals surface area contributed by atoms with E-state index in [1.54, 1.807) is 32.9 Å². The molecule has 125 valence electrons.